The molecule has 0 radical (unpaired) electrons. The van der Waals surface area contributed by atoms with Crippen LogP contribution in [-0.4, -0.2) is 12.4 Å². The number of hydrogen-bond acceptors (Lipinski definition) is 2. The van der Waals surface area contributed by atoms with Gasteiger partial charge in [-0.3, -0.25) is 4.79 Å². The maximum atomic E-state index is 12.9. The van der Waals surface area contributed by atoms with Crippen LogP contribution >= 0.6 is 0 Å². The number of carbonyl (C=O) groups is 1. The summed E-state index contributed by atoms with van der Waals surface area (Å²) < 4.78 is 42.5. The molecule has 0 amide bonds. The van der Waals surface area contributed by atoms with Crippen LogP contribution in [0.25, 0.3) is 0 Å². The van der Waals surface area contributed by atoms with E-state index in [1.807, 2.05) is 0 Å². The molecule has 0 N–H and O–H groups in total. The lowest BCUT2D eigenvalue weighted by atomic mass is 10.3. The highest BCUT2D eigenvalue weighted by Gasteiger charge is 2.14. The third-order valence-electron chi connectivity index (χ3n) is 1.43. The Morgan fingerprint density at radius 2 is 1.93 bits per heavy atom. The van der Waals surface area contributed by atoms with Crippen molar-refractivity contribution in [3.63, 3.8) is 0 Å². The molecule has 0 spiro atoms. The van der Waals surface area contributed by atoms with E-state index in [4.69, 9.17) is 0 Å². The summed E-state index contributed by atoms with van der Waals surface area (Å²) in [6.45, 7) is 0.861. The van der Waals surface area contributed by atoms with Crippen molar-refractivity contribution >= 4 is 5.78 Å². The predicted octanol–water partition coefficient (Wildman–Crippen LogP) is 2.07. The van der Waals surface area contributed by atoms with Crippen molar-refractivity contribution in [1.29, 1.82) is 0 Å². The molecule has 0 aliphatic rings. The van der Waals surface area contributed by atoms with Crippen molar-refractivity contribution < 1.29 is 22.7 Å². The molecular formula is C9H7F3O2. The van der Waals surface area contributed by atoms with Crippen LogP contribution in [0.15, 0.2) is 12.1 Å². The Labute approximate surface area is 78.3 Å². The minimum absolute atomic E-state index is 0.339. The summed E-state index contributed by atoms with van der Waals surface area (Å²) >= 11 is 0. The van der Waals surface area contributed by atoms with Crippen LogP contribution in [-0.2, 0) is 4.79 Å². The molecule has 0 atom stereocenters. The van der Waals surface area contributed by atoms with Crippen molar-refractivity contribution in [2.24, 2.45) is 0 Å². The van der Waals surface area contributed by atoms with Gasteiger partial charge in [-0.1, -0.05) is 0 Å². The van der Waals surface area contributed by atoms with E-state index in [-0.39, 0.29) is 12.4 Å². The van der Waals surface area contributed by atoms with Gasteiger partial charge in [0.25, 0.3) is 0 Å². The highest BCUT2D eigenvalue weighted by atomic mass is 19.2. The van der Waals surface area contributed by atoms with Gasteiger partial charge in [0.15, 0.2) is 23.2 Å². The van der Waals surface area contributed by atoms with Gasteiger partial charge in [0.2, 0.25) is 5.82 Å². The van der Waals surface area contributed by atoms with Gasteiger partial charge in [-0.25, -0.2) is 8.78 Å². The number of carbonyl (C=O) groups excluding carboxylic acids is 1. The monoisotopic (exact) mass is 204 g/mol. The minimum Gasteiger partial charge on any atom is -0.483 e. The molecule has 1 aromatic carbocycles. The predicted molar refractivity (Wildman–Crippen MR) is 42.5 cm³/mol. The normalized spacial score (nSPS) is 10.0. The average molecular weight is 204 g/mol. The highest BCUT2D eigenvalue weighted by molar-refractivity contribution is 5.77. The van der Waals surface area contributed by atoms with Gasteiger partial charge in [0.05, 0.1) is 0 Å². The van der Waals surface area contributed by atoms with Gasteiger partial charge in [-0.05, 0) is 19.1 Å². The van der Waals surface area contributed by atoms with Gasteiger partial charge in [0.1, 0.15) is 6.61 Å². The van der Waals surface area contributed by atoms with Crippen molar-refractivity contribution in [3.05, 3.63) is 29.6 Å². The van der Waals surface area contributed by atoms with E-state index in [9.17, 15) is 18.0 Å². The summed E-state index contributed by atoms with van der Waals surface area (Å²) in [7, 11) is 0. The number of ketones is 1. The minimum atomic E-state index is -1.61. The van der Waals surface area contributed by atoms with Crippen LogP contribution in [0, 0.1) is 17.5 Å². The Morgan fingerprint density at radius 3 is 2.50 bits per heavy atom. The summed E-state index contributed by atoms with van der Waals surface area (Å²) in [5.74, 6) is -5.14. The zero-order valence-electron chi connectivity index (χ0n) is 7.31. The van der Waals surface area contributed by atoms with Crippen molar-refractivity contribution in [1.82, 2.24) is 0 Å². The summed E-state index contributed by atoms with van der Waals surface area (Å²) in [6, 6.07) is 1.66. The van der Waals surface area contributed by atoms with E-state index in [2.05, 4.69) is 4.74 Å². The SMILES string of the molecule is CC(=O)COc1ccc(F)c(F)c1F. The van der Waals surface area contributed by atoms with Gasteiger partial charge in [-0.15, -0.1) is 0 Å². The Morgan fingerprint density at radius 1 is 1.29 bits per heavy atom. The molecule has 0 heterocycles. The number of Topliss-reactive ketones (excluding diaryl/α,β-unsaturated/α-hetero) is 1. The molecule has 0 saturated heterocycles. The number of halogens is 3. The van der Waals surface area contributed by atoms with Crippen molar-refractivity contribution in [2.75, 3.05) is 6.61 Å². The lowest BCUT2D eigenvalue weighted by molar-refractivity contribution is -0.118. The molecule has 2 nitrogen and oxygen atoms in total. The van der Waals surface area contributed by atoms with E-state index in [0.29, 0.717) is 0 Å². The molecule has 0 aromatic heterocycles. The Kier molecular flexibility index (Phi) is 3.11. The van der Waals surface area contributed by atoms with Crippen LogP contribution in [0.2, 0.25) is 0 Å². The molecule has 0 bridgehead atoms. The standard InChI is InChI=1S/C9H7F3O2/c1-5(13)4-14-7-3-2-6(10)8(11)9(7)12/h2-3H,4H2,1H3. The van der Waals surface area contributed by atoms with E-state index in [0.717, 1.165) is 12.1 Å². The fourth-order valence-electron chi connectivity index (χ4n) is 0.799. The molecule has 0 saturated carbocycles. The summed E-state index contributed by atoms with van der Waals surface area (Å²) in [4.78, 5) is 10.5. The van der Waals surface area contributed by atoms with Crippen molar-refractivity contribution in [3.8, 4) is 5.75 Å². The van der Waals surface area contributed by atoms with E-state index < -0.39 is 23.2 Å². The molecule has 0 unspecified atom stereocenters. The molecule has 0 aliphatic heterocycles. The second-order valence-corrected chi connectivity index (χ2v) is 2.66. The van der Waals surface area contributed by atoms with E-state index >= 15 is 0 Å². The zero-order valence-corrected chi connectivity index (χ0v) is 7.31. The van der Waals surface area contributed by atoms with Gasteiger partial charge >= 0.3 is 0 Å². The number of hydrogen-bond donors (Lipinski definition) is 0. The maximum Gasteiger partial charge on any atom is 0.203 e. The molecule has 0 fully saturated rings. The average Bonchev–Trinajstić information content (AvgIpc) is 2.13. The van der Waals surface area contributed by atoms with E-state index in [1.54, 1.807) is 0 Å². The summed E-state index contributed by atoms with van der Waals surface area (Å²) in [6.07, 6.45) is 0. The summed E-state index contributed by atoms with van der Waals surface area (Å²) in [5.41, 5.74) is 0. The third-order valence-corrected chi connectivity index (χ3v) is 1.43. The van der Waals surface area contributed by atoms with Crippen LogP contribution in [0.4, 0.5) is 13.2 Å². The number of rotatable bonds is 3. The van der Waals surface area contributed by atoms with Gasteiger partial charge < -0.3 is 4.74 Å². The lowest BCUT2D eigenvalue weighted by Crippen LogP contribution is -2.08. The first-order chi connectivity index (χ1) is 6.52. The van der Waals surface area contributed by atoms with Gasteiger partial charge in [-0.2, -0.15) is 4.39 Å². The molecule has 5 heteroatoms. The first-order valence-electron chi connectivity index (χ1n) is 3.78. The first kappa shape index (κ1) is 10.6. The number of benzene rings is 1. The van der Waals surface area contributed by atoms with E-state index in [1.165, 1.54) is 6.92 Å². The Hall–Kier alpha value is -1.52. The van der Waals surface area contributed by atoms with Crippen LogP contribution < -0.4 is 4.74 Å². The largest absolute Gasteiger partial charge is 0.483 e. The Balaban J connectivity index is 2.88. The van der Waals surface area contributed by atoms with Crippen LogP contribution in [0.3, 0.4) is 0 Å². The van der Waals surface area contributed by atoms with Crippen molar-refractivity contribution in [2.45, 2.75) is 6.92 Å². The molecule has 76 valence electrons. The molecular weight excluding hydrogens is 197 g/mol. The number of ether oxygens (including phenoxy) is 1. The quantitative estimate of drug-likeness (QED) is 0.704. The molecule has 0 aliphatic carbocycles. The molecule has 1 rings (SSSR count). The molecule has 14 heavy (non-hydrogen) atoms. The summed E-state index contributed by atoms with van der Waals surface area (Å²) in [5, 5.41) is 0. The second-order valence-electron chi connectivity index (χ2n) is 2.66. The smallest absolute Gasteiger partial charge is 0.203 e. The maximum absolute atomic E-state index is 12.9. The highest BCUT2D eigenvalue weighted by Crippen LogP contribution is 2.21. The Bertz CT molecular complexity index is 363. The van der Waals surface area contributed by atoms with Gasteiger partial charge in [0, 0.05) is 0 Å². The lowest BCUT2D eigenvalue weighted by Gasteiger charge is -2.05. The second kappa shape index (κ2) is 4.13. The fourth-order valence-corrected chi connectivity index (χ4v) is 0.799. The van der Waals surface area contributed by atoms with Crippen LogP contribution in [0.5, 0.6) is 5.75 Å². The zero-order chi connectivity index (χ0) is 10.7. The fraction of sp³-hybridized carbons (Fsp3) is 0.222. The molecule has 1 aromatic rings. The third kappa shape index (κ3) is 2.25. The first-order valence-corrected chi connectivity index (χ1v) is 3.78. The topological polar surface area (TPSA) is 26.3 Å². The van der Waals surface area contributed by atoms with Crippen LogP contribution in [0.1, 0.15) is 6.92 Å².